The molecule has 1 heterocycles. The molecule has 0 spiro atoms. The Kier molecular flexibility index (Phi) is 3.00. The fraction of sp³-hybridized carbons (Fsp3) is 0.167. The van der Waals surface area contributed by atoms with Crippen molar-refractivity contribution >= 4 is 5.97 Å². The number of aliphatic carboxylic acids is 1. The molecule has 0 aliphatic rings. The summed E-state index contributed by atoms with van der Waals surface area (Å²) in [4.78, 5) is 10.6. The molecule has 0 saturated carbocycles. The second-order valence-corrected chi connectivity index (χ2v) is 3.54. The minimum atomic E-state index is -0.838. The van der Waals surface area contributed by atoms with E-state index in [1.807, 2.05) is 30.3 Å². The smallest absolute Gasteiger partial charge is 0.309 e. The normalized spacial score (nSPS) is 10.2. The first-order chi connectivity index (χ1) is 7.75. The number of aromatic nitrogens is 2. The summed E-state index contributed by atoms with van der Waals surface area (Å²) in [5.74, 6) is -0.838. The molecule has 16 heavy (non-hydrogen) atoms. The maximum atomic E-state index is 10.6. The lowest BCUT2D eigenvalue weighted by Crippen LogP contribution is -2.10. The molecule has 82 valence electrons. The van der Waals surface area contributed by atoms with E-state index in [1.165, 1.54) is 0 Å². The maximum absolute atomic E-state index is 10.6. The van der Waals surface area contributed by atoms with Crippen LogP contribution in [0.15, 0.2) is 42.6 Å². The van der Waals surface area contributed by atoms with Crippen molar-refractivity contribution in [3.05, 3.63) is 53.9 Å². The molecular formula is C12H12N2O2. The zero-order valence-electron chi connectivity index (χ0n) is 8.71. The van der Waals surface area contributed by atoms with E-state index in [2.05, 4.69) is 5.10 Å². The zero-order chi connectivity index (χ0) is 11.4. The van der Waals surface area contributed by atoms with Gasteiger partial charge in [0.1, 0.15) is 0 Å². The van der Waals surface area contributed by atoms with Crippen molar-refractivity contribution in [3.8, 4) is 0 Å². The highest BCUT2D eigenvalue weighted by Gasteiger charge is 2.06. The summed E-state index contributed by atoms with van der Waals surface area (Å²) in [5.41, 5.74) is 1.83. The Labute approximate surface area is 93.1 Å². The lowest BCUT2D eigenvalue weighted by Gasteiger charge is -2.05. The lowest BCUT2D eigenvalue weighted by atomic mass is 10.2. The standard InChI is InChI=1S/C12H12N2O2/c15-12(16)8-11-6-7-13-14(11)9-10-4-2-1-3-5-10/h1-7H,8-9H2,(H,15,16). The van der Waals surface area contributed by atoms with Gasteiger partial charge in [-0.25, -0.2) is 0 Å². The van der Waals surface area contributed by atoms with E-state index in [0.717, 1.165) is 11.3 Å². The Balaban J connectivity index is 2.16. The van der Waals surface area contributed by atoms with Crippen LogP contribution >= 0.6 is 0 Å². The molecule has 2 aromatic rings. The Morgan fingerprint density at radius 2 is 2.00 bits per heavy atom. The Morgan fingerprint density at radius 3 is 2.69 bits per heavy atom. The van der Waals surface area contributed by atoms with Crippen LogP contribution < -0.4 is 0 Å². The number of benzene rings is 1. The summed E-state index contributed by atoms with van der Waals surface area (Å²) >= 11 is 0. The summed E-state index contributed by atoms with van der Waals surface area (Å²) in [5, 5.41) is 12.9. The largest absolute Gasteiger partial charge is 0.481 e. The number of nitrogens with zero attached hydrogens (tertiary/aromatic N) is 2. The number of carboxylic acid groups (broad SMARTS) is 1. The topological polar surface area (TPSA) is 55.1 Å². The third kappa shape index (κ3) is 2.48. The third-order valence-corrected chi connectivity index (χ3v) is 2.31. The van der Waals surface area contributed by atoms with Gasteiger partial charge in [-0.15, -0.1) is 0 Å². The van der Waals surface area contributed by atoms with Crippen LogP contribution in [0, 0.1) is 0 Å². The third-order valence-electron chi connectivity index (χ3n) is 2.31. The summed E-state index contributed by atoms with van der Waals surface area (Å²) in [7, 11) is 0. The Hall–Kier alpha value is -2.10. The number of rotatable bonds is 4. The Bertz CT molecular complexity index is 477. The van der Waals surface area contributed by atoms with E-state index in [0.29, 0.717) is 6.54 Å². The van der Waals surface area contributed by atoms with Crippen molar-refractivity contribution in [3.63, 3.8) is 0 Å². The SMILES string of the molecule is O=C(O)Cc1ccnn1Cc1ccccc1. The molecule has 1 N–H and O–H groups in total. The fourth-order valence-electron chi connectivity index (χ4n) is 1.56. The van der Waals surface area contributed by atoms with Crippen LogP contribution in [0.2, 0.25) is 0 Å². The maximum Gasteiger partial charge on any atom is 0.309 e. The summed E-state index contributed by atoms with van der Waals surface area (Å²) in [6.07, 6.45) is 1.63. The summed E-state index contributed by atoms with van der Waals surface area (Å²) in [6.45, 7) is 0.608. The van der Waals surface area contributed by atoms with Crippen molar-refractivity contribution < 1.29 is 9.90 Å². The van der Waals surface area contributed by atoms with Gasteiger partial charge in [0.05, 0.1) is 13.0 Å². The van der Waals surface area contributed by atoms with Crippen molar-refractivity contribution in [2.75, 3.05) is 0 Å². The van der Waals surface area contributed by atoms with E-state index in [9.17, 15) is 4.79 Å². The molecule has 0 unspecified atom stereocenters. The molecular weight excluding hydrogens is 204 g/mol. The second-order valence-electron chi connectivity index (χ2n) is 3.54. The first-order valence-electron chi connectivity index (χ1n) is 5.02. The molecule has 1 aromatic carbocycles. The second kappa shape index (κ2) is 4.61. The van der Waals surface area contributed by atoms with Crippen molar-refractivity contribution in [1.82, 2.24) is 9.78 Å². The molecule has 0 amide bonds. The monoisotopic (exact) mass is 216 g/mol. The van der Waals surface area contributed by atoms with E-state index < -0.39 is 5.97 Å². The zero-order valence-corrected chi connectivity index (χ0v) is 8.71. The minimum Gasteiger partial charge on any atom is -0.481 e. The predicted molar refractivity (Wildman–Crippen MR) is 59.1 cm³/mol. The predicted octanol–water partition coefficient (Wildman–Crippen LogP) is 1.56. The van der Waals surface area contributed by atoms with Gasteiger partial charge in [-0.1, -0.05) is 30.3 Å². The van der Waals surface area contributed by atoms with Crippen molar-refractivity contribution in [2.45, 2.75) is 13.0 Å². The van der Waals surface area contributed by atoms with Crippen LogP contribution in [-0.4, -0.2) is 20.9 Å². The van der Waals surface area contributed by atoms with Gasteiger partial charge in [0.15, 0.2) is 0 Å². The molecule has 1 aromatic heterocycles. The highest BCUT2D eigenvalue weighted by molar-refractivity contribution is 5.69. The lowest BCUT2D eigenvalue weighted by molar-refractivity contribution is -0.136. The molecule has 0 aliphatic carbocycles. The van der Waals surface area contributed by atoms with Gasteiger partial charge in [0.25, 0.3) is 0 Å². The van der Waals surface area contributed by atoms with Crippen LogP contribution in [0.25, 0.3) is 0 Å². The summed E-state index contributed by atoms with van der Waals surface area (Å²) < 4.78 is 1.71. The Morgan fingerprint density at radius 1 is 1.25 bits per heavy atom. The molecule has 0 fully saturated rings. The molecule has 0 saturated heterocycles. The van der Waals surface area contributed by atoms with Gasteiger partial charge >= 0.3 is 5.97 Å². The molecule has 2 rings (SSSR count). The van der Waals surface area contributed by atoms with Gasteiger partial charge in [-0.05, 0) is 11.6 Å². The number of carbonyl (C=O) groups is 1. The molecule has 0 atom stereocenters. The quantitative estimate of drug-likeness (QED) is 0.843. The molecule has 0 aliphatic heterocycles. The van der Waals surface area contributed by atoms with Crippen molar-refractivity contribution in [2.24, 2.45) is 0 Å². The van der Waals surface area contributed by atoms with E-state index in [4.69, 9.17) is 5.11 Å². The average Bonchev–Trinajstić information content (AvgIpc) is 2.66. The van der Waals surface area contributed by atoms with E-state index in [-0.39, 0.29) is 6.42 Å². The van der Waals surface area contributed by atoms with Gasteiger partial charge in [-0.2, -0.15) is 5.10 Å². The van der Waals surface area contributed by atoms with Gasteiger partial charge in [0, 0.05) is 11.9 Å². The first-order valence-corrected chi connectivity index (χ1v) is 5.02. The number of hydrogen-bond donors (Lipinski definition) is 1. The molecule has 4 nitrogen and oxygen atoms in total. The minimum absolute atomic E-state index is 0.00678. The van der Waals surface area contributed by atoms with Gasteiger partial charge in [-0.3, -0.25) is 9.48 Å². The van der Waals surface area contributed by atoms with E-state index in [1.54, 1.807) is 16.9 Å². The molecule has 4 heteroatoms. The molecule has 0 bridgehead atoms. The van der Waals surface area contributed by atoms with Crippen LogP contribution in [0.1, 0.15) is 11.3 Å². The molecule has 0 radical (unpaired) electrons. The summed E-state index contributed by atoms with van der Waals surface area (Å²) in [6, 6.07) is 11.6. The van der Waals surface area contributed by atoms with Gasteiger partial charge < -0.3 is 5.11 Å². The first kappa shape index (κ1) is 10.4. The highest BCUT2D eigenvalue weighted by Crippen LogP contribution is 2.06. The average molecular weight is 216 g/mol. The van der Waals surface area contributed by atoms with Crippen LogP contribution in [0.3, 0.4) is 0 Å². The van der Waals surface area contributed by atoms with Gasteiger partial charge in [0.2, 0.25) is 0 Å². The van der Waals surface area contributed by atoms with Crippen LogP contribution in [0.4, 0.5) is 0 Å². The van der Waals surface area contributed by atoms with Crippen molar-refractivity contribution in [1.29, 1.82) is 0 Å². The van der Waals surface area contributed by atoms with Crippen LogP contribution in [-0.2, 0) is 17.8 Å². The van der Waals surface area contributed by atoms with E-state index >= 15 is 0 Å². The number of carboxylic acids is 1. The highest BCUT2D eigenvalue weighted by atomic mass is 16.4. The van der Waals surface area contributed by atoms with Crippen LogP contribution in [0.5, 0.6) is 0 Å². The fourth-order valence-corrected chi connectivity index (χ4v) is 1.56. The number of hydrogen-bond acceptors (Lipinski definition) is 2.